The van der Waals surface area contributed by atoms with Gasteiger partial charge in [-0.1, -0.05) is 37.3 Å². The number of anilines is 1. The third kappa shape index (κ3) is 5.32. The molecular formula is C19H24N2O3S. The van der Waals surface area contributed by atoms with E-state index in [0.717, 1.165) is 12.0 Å². The average molecular weight is 360 g/mol. The highest BCUT2D eigenvalue weighted by atomic mass is 32.2. The van der Waals surface area contributed by atoms with Crippen LogP contribution in [-0.2, 0) is 16.6 Å². The van der Waals surface area contributed by atoms with Gasteiger partial charge < -0.3 is 5.32 Å². The smallest absolute Gasteiger partial charge is 0.251 e. The van der Waals surface area contributed by atoms with E-state index in [1.807, 2.05) is 44.2 Å². The molecule has 0 spiro atoms. The Morgan fingerprint density at radius 3 is 2.20 bits per heavy atom. The number of amides is 1. The largest absolute Gasteiger partial charge is 0.350 e. The summed E-state index contributed by atoms with van der Waals surface area (Å²) in [6.45, 7) is 4.19. The van der Waals surface area contributed by atoms with E-state index in [9.17, 15) is 13.2 Å². The van der Waals surface area contributed by atoms with Crippen molar-refractivity contribution in [2.45, 2.75) is 32.9 Å². The lowest BCUT2D eigenvalue weighted by molar-refractivity contribution is 0.0939. The van der Waals surface area contributed by atoms with Crippen molar-refractivity contribution < 1.29 is 13.2 Å². The molecule has 2 aromatic rings. The fraction of sp³-hybridized carbons (Fsp3) is 0.316. The van der Waals surface area contributed by atoms with Gasteiger partial charge in [-0.15, -0.1) is 0 Å². The van der Waals surface area contributed by atoms with Crippen molar-refractivity contribution in [3.63, 3.8) is 0 Å². The molecule has 0 radical (unpaired) electrons. The Bertz CT molecular complexity index is 802. The molecule has 0 aliphatic heterocycles. The van der Waals surface area contributed by atoms with Crippen LogP contribution in [0, 0.1) is 0 Å². The van der Waals surface area contributed by atoms with Gasteiger partial charge in [0.15, 0.2) is 0 Å². The number of hydrogen-bond donors (Lipinski definition) is 1. The maximum atomic E-state index is 12.2. The highest BCUT2D eigenvalue weighted by Crippen LogP contribution is 2.21. The molecule has 0 aromatic heterocycles. The summed E-state index contributed by atoms with van der Waals surface area (Å²) in [4.78, 5) is 12.1. The third-order valence-corrected chi connectivity index (χ3v) is 5.12. The van der Waals surface area contributed by atoms with Gasteiger partial charge in [0.25, 0.3) is 5.91 Å². The van der Waals surface area contributed by atoms with Crippen LogP contribution >= 0.6 is 0 Å². The molecular weight excluding hydrogens is 336 g/mol. The first kappa shape index (κ1) is 19.0. The number of carbonyl (C=O) groups excluding carboxylic acids is 1. The zero-order valence-electron chi connectivity index (χ0n) is 14.8. The number of nitrogens with zero attached hydrogens (tertiary/aromatic N) is 1. The monoisotopic (exact) mass is 360 g/mol. The summed E-state index contributed by atoms with van der Waals surface area (Å²) < 4.78 is 25.7. The van der Waals surface area contributed by atoms with E-state index < -0.39 is 10.0 Å². The summed E-state index contributed by atoms with van der Waals surface area (Å²) in [5, 5.41) is 2.89. The van der Waals surface area contributed by atoms with E-state index in [0.29, 0.717) is 11.3 Å². The Kier molecular flexibility index (Phi) is 6.20. The highest BCUT2D eigenvalue weighted by molar-refractivity contribution is 7.92. The minimum absolute atomic E-state index is 0.0952. The molecule has 0 fully saturated rings. The fourth-order valence-corrected chi connectivity index (χ4v) is 3.23. The number of carbonyl (C=O) groups is 1. The number of sulfonamides is 1. The standard InChI is InChI=1S/C19H24N2O3S/c1-4-15(2)20-19(22)17-10-12-18(13-11-17)21(25(3,23)24)14-16-8-6-5-7-9-16/h5-13,15H,4,14H2,1-3H3,(H,20,22)/t15-/m0/s1. The molecule has 0 heterocycles. The maximum absolute atomic E-state index is 12.2. The van der Waals surface area contributed by atoms with Crippen LogP contribution in [0.25, 0.3) is 0 Å². The number of nitrogens with one attached hydrogen (secondary N) is 1. The zero-order chi connectivity index (χ0) is 18.4. The molecule has 1 amide bonds. The van der Waals surface area contributed by atoms with Crippen LogP contribution in [0.4, 0.5) is 5.69 Å². The Labute approximate surface area is 149 Å². The van der Waals surface area contributed by atoms with Crippen LogP contribution in [0.2, 0.25) is 0 Å². The Morgan fingerprint density at radius 1 is 1.08 bits per heavy atom. The van der Waals surface area contributed by atoms with E-state index in [2.05, 4.69) is 5.32 Å². The van der Waals surface area contributed by atoms with E-state index in [4.69, 9.17) is 0 Å². The van der Waals surface area contributed by atoms with Crippen molar-refractivity contribution >= 4 is 21.6 Å². The summed E-state index contributed by atoms with van der Waals surface area (Å²) in [7, 11) is -3.44. The molecule has 0 unspecified atom stereocenters. The Balaban J connectivity index is 2.23. The molecule has 0 bridgehead atoms. The van der Waals surface area contributed by atoms with Gasteiger partial charge in [0, 0.05) is 11.6 Å². The highest BCUT2D eigenvalue weighted by Gasteiger charge is 2.18. The van der Waals surface area contributed by atoms with Gasteiger partial charge in [-0.05, 0) is 43.2 Å². The summed E-state index contributed by atoms with van der Waals surface area (Å²) in [6, 6.07) is 16.1. The van der Waals surface area contributed by atoms with Gasteiger partial charge >= 0.3 is 0 Å². The van der Waals surface area contributed by atoms with Crippen LogP contribution in [0.3, 0.4) is 0 Å². The molecule has 0 saturated carbocycles. The molecule has 2 aromatic carbocycles. The Hall–Kier alpha value is -2.34. The van der Waals surface area contributed by atoms with E-state index >= 15 is 0 Å². The summed E-state index contributed by atoms with van der Waals surface area (Å²) in [5.41, 5.74) is 1.94. The van der Waals surface area contributed by atoms with Crippen LogP contribution < -0.4 is 9.62 Å². The molecule has 134 valence electrons. The van der Waals surface area contributed by atoms with Gasteiger partial charge in [-0.3, -0.25) is 9.10 Å². The molecule has 2 rings (SSSR count). The van der Waals surface area contributed by atoms with Crippen molar-refractivity contribution in [3.05, 3.63) is 65.7 Å². The molecule has 25 heavy (non-hydrogen) atoms. The number of hydrogen-bond acceptors (Lipinski definition) is 3. The first-order chi connectivity index (χ1) is 11.8. The molecule has 0 saturated heterocycles. The summed E-state index contributed by atoms with van der Waals surface area (Å²) >= 11 is 0. The van der Waals surface area contributed by atoms with Crippen molar-refractivity contribution in [3.8, 4) is 0 Å². The summed E-state index contributed by atoms with van der Waals surface area (Å²) in [6.07, 6.45) is 2.03. The maximum Gasteiger partial charge on any atom is 0.251 e. The SMILES string of the molecule is CC[C@H](C)NC(=O)c1ccc(N(Cc2ccccc2)S(C)(=O)=O)cc1. The topological polar surface area (TPSA) is 66.5 Å². The lowest BCUT2D eigenvalue weighted by Crippen LogP contribution is -2.32. The number of benzene rings is 2. The van der Waals surface area contributed by atoms with Crippen LogP contribution in [-0.4, -0.2) is 26.6 Å². The second kappa shape index (κ2) is 8.16. The molecule has 0 aliphatic carbocycles. The van der Waals surface area contributed by atoms with Gasteiger partial charge in [0.05, 0.1) is 18.5 Å². The lowest BCUT2D eigenvalue weighted by atomic mass is 10.1. The quantitative estimate of drug-likeness (QED) is 0.825. The summed E-state index contributed by atoms with van der Waals surface area (Å²) in [5.74, 6) is -0.158. The van der Waals surface area contributed by atoms with Gasteiger partial charge in [0.2, 0.25) is 10.0 Å². The van der Waals surface area contributed by atoms with Gasteiger partial charge in [-0.25, -0.2) is 8.42 Å². The molecule has 1 N–H and O–H groups in total. The van der Waals surface area contributed by atoms with Crippen molar-refractivity contribution in [2.24, 2.45) is 0 Å². The van der Waals surface area contributed by atoms with Crippen molar-refractivity contribution in [1.82, 2.24) is 5.32 Å². The minimum Gasteiger partial charge on any atom is -0.350 e. The minimum atomic E-state index is -3.44. The number of rotatable bonds is 7. The lowest BCUT2D eigenvalue weighted by Gasteiger charge is -2.23. The van der Waals surface area contributed by atoms with Crippen molar-refractivity contribution in [2.75, 3.05) is 10.6 Å². The molecule has 6 heteroatoms. The van der Waals surface area contributed by atoms with E-state index in [1.165, 1.54) is 10.6 Å². The second-order valence-corrected chi connectivity index (χ2v) is 7.99. The van der Waals surface area contributed by atoms with Gasteiger partial charge in [-0.2, -0.15) is 0 Å². The van der Waals surface area contributed by atoms with E-state index in [-0.39, 0.29) is 18.5 Å². The molecule has 5 nitrogen and oxygen atoms in total. The van der Waals surface area contributed by atoms with E-state index in [1.54, 1.807) is 24.3 Å². The average Bonchev–Trinajstić information content (AvgIpc) is 2.59. The first-order valence-corrected chi connectivity index (χ1v) is 10.1. The predicted molar refractivity (Wildman–Crippen MR) is 101 cm³/mol. The fourth-order valence-electron chi connectivity index (χ4n) is 2.34. The van der Waals surface area contributed by atoms with Crippen LogP contribution in [0.15, 0.2) is 54.6 Å². The van der Waals surface area contributed by atoms with Gasteiger partial charge in [0.1, 0.15) is 0 Å². The predicted octanol–water partition coefficient (Wildman–Crippen LogP) is 3.18. The van der Waals surface area contributed by atoms with Crippen LogP contribution in [0.5, 0.6) is 0 Å². The van der Waals surface area contributed by atoms with Crippen LogP contribution in [0.1, 0.15) is 36.2 Å². The zero-order valence-corrected chi connectivity index (χ0v) is 15.6. The molecule has 0 aliphatic rings. The van der Waals surface area contributed by atoms with Crippen molar-refractivity contribution in [1.29, 1.82) is 0 Å². The first-order valence-electron chi connectivity index (χ1n) is 8.24. The Morgan fingerprint density at radius 2 is 1.68 bits per heavy atom. The normalized spacial score (nSPS) is 12.4. The molecule has 1 atom stereocenters. The third-order valence-electron chi connectivity index (χ3n) is 3.98. The second-order valence-electron chi connectivity index (χ2n) is 6.08.